The molecule has 0 spiro atoms. The summed E-state index contributed by atoms with van der Waals surface area (Å²) in [6, 6.07) is 27.1. The molecule has 1 aromatic heterocycles. The number of nitrogens with zero attached hydrogens (tertiary/aromatic N) is 3. The molecule has 1 aliphatic rings. The molecule has 0 aliphatic carbocycles. The Morgan fingerprint density at radius 3 is 2.18 bits per heavy atom. The number of para-hydroxylation sites is 2. The zero-order chi connectivity index (χ0) is 22.8. The summed E-state index contributed by atoms with van der Waals surface area (Å²) in [4.78, 5) is 15.5. The van der Waals surface area contributed by atoms with Crippen LogP contribution in [0.15, 0.2) is 96.0 Å². The van der Waals surface area contributed by atoms with Gasteiger partial charge < -0.3 is 4.74 Å². The van der Waals surface area contributed by atoms with Gasteiger partial charge in [0.05, 0.1) is 29.1 Å². The molecule has 1 aliphatic heterocycles. The van der Waals surface area contributed by atoms with E-state index in [0.29, 0.717) is 4.99 Å². The lowest BCUT2D eigenvalue weighted by atomic mass is 10.1. The van der Waals surface area contributed by atoms with E-state index in [0.717, 1.165) is 50.6 Å². The van der Waals surface area contributed by atoms with Crippen LogP contribution in [0.1, 0.15) is 5.56 Å². The summed E-state index contributed by atoms with van der Waals surface area (Å²) in [7, 11) is 1.64. The Balaban J connectivity index is 1.58. The van der Waals surface area contributed by atoms with Crippen LogP contribution in [0.5, 0.6) is 5.75 Å². The summed E-state index contributed by atoms with van der Waals surface area (Å²) in [5.74, 6) is 0.776. The number of rotatable bonds is 5. The number of anilines is 1. The van der Waals surface area contributed by atoms with Crippen molar-refractivity contribution in [3.63, 3.8) is 0 Å². The zero-order valence-electron chi connectivity index (χ0n) is 17.7. The maximum atomic E-state index is 12.8. The summed E-state index contributed by atoms with van der Waals surface area (Å²) < 4.78 is 7.13. The fraction of sp³-hybridized carbons (Fsp3) is 0.0385. The first kappa shape index (κ1) is 21.2. The minimum absolute atomic E-state index is 0.112. The van der Waals surface area contributed by atoms with Crippen molar-refractivity contribution in [2.45, 2.75) is 0 Å². The van der Waals surface area contributed by atoms with E-state index >= 15 is 0 Å². The largest absolute Gasteiger partial charge is 0.497 e. The van der Waals surface area contributed by atoms with Crippen LogP contribution in [0, 0.1) is 0 Å². The molecule has 5 rings (SSSR count). The van der Waals surface area contributed by atoms with E-state index < -0.39 is 0 Å². The van der Waals surface area contributed by atoms with Crippen molar-refractivity contribution in [3.8, 4) is 22.7 Å². The lowest BCUT2D eigenvalue weighted by Crippen LogP contribution is -2.26. The van der Waals surface area contributed by atoms with Gasteiger partial charge in [0.25, 0.3) is 5.24 Å². The number of hydrogen-bond donors (Lipinski definition) is 0. The van der Waals surface area contributed by atoms with Gasteiger partial charge in [0.15, 0.2) is 0 Å². The Bertz CT molecular complexity index is 1350. The smallest absolute Gasteiger partial charge is 0.296 e. The van der Waals surface area contributed by atoms with Crippen LogP contribution in [0.2, 0.25) is 0 Å². The topological polar surface area (TPSA) is 47.4 Å². The van der Waals surface area contributed by atoms with Crippen LogP contribution in [0.3, 0.4) is 0 Å². The van der Waals surface area contributed by atoms with Crippen molar-refractivity contribution in [2.75, 3.05) is 12.0 Å². The number of aromatic nitrogens is 2. The molecule has 4 aromatic rings. The molecule has 162 valence electrons. The fourth-order valence-electron chi connectivity index (χ4n) is 3.59. The fourth-order valence-corrected chi connectivity index (χ4v) is 4.86. The third-order valence-electron chi connectivity index (χ3n) is 5.22. The van der Waals surface area contributed by atoms with Crippen molar-refractivity contribution >= 4 is 46.0 Å². The lowest BCUT2D eigenvalue weighted by molar-refractivity contribution is 0.268. The van der Waals surface area contributed by atoms with Crippen molar-refractivity contribution < 1.29 is 9.53 Å². The molecule has 2 heterocycles. The van der Waals surface area contributed by atoms with Crippen LogP contribution >= 0.6 is 24.0 Å². The summed E-state index contributed by atoms with van der Waals surface area (Å²) in [6.45, 7) is 0. The van der Waals surface area contributed by atoms with Gasteiger partial charge in [-0.25, -0.2) is 4.68 Å². The second kappa shape index (κ2) is 9.05. The third kappa shape index (κ3) is 4.20. The highest BCUT2D eigenvalue weighted by atomic mass is 32.2. The number of carbonyl (C=O) groups is 1. The van der Waals surface area contributed by atoms with Gasteiger partial charge in [-0.15, -0.1) is 0 Å². The molecule has 0 N–H and O–H groups in total. The Hall–Kier alpha value is -3.68. The van der Waals surface area contributed by atoms with E-state index in [1.165, 1.54) is 0 Å². The average molecular weight is 470 g/mol. The summed E-state index contributed by atoms with van der Waals surface area (Å²) >= 11 is 6.82. The number of amides is 1. The SMILES string of the molecule is COc1ccc(-c2nn(-c3ccccc3)cc2C=C2SC(=O)N(c3ccccc3)C2=S)cc1. The highest BCUT2D eigenvalue weighted by Gasteiger charge is 2.33. The Morgan fingerprint density at radius 2 is 1.55 bits per heavy atom. The van der Waals surface area contributed by atoms with E-state index in [-0.39, 0.29) is 5.24 Å². The molecule has 3 aromatic carbocycles. The Labute approximate surface area is 201 Å². The molecule has 0 atom stereocenters. The minimum atomic E-state index is -0.112. The number of ether oxygens (including phenoxy) is 1. The van der Waals surface area contributed by atoms with Gasteiger partial charge in [-0.3, -0.25) is 9.69 Å². The number of benzene rings is 3. The molecule has 7 heteroatoms. The first-order chi connectivity index (χ1) is 16.1. The van der Waals surface area contributed by atoms with Crippen molar-refractivity contribution in [1.82, 2.24) is 9.78 Å². The number of thiocarbonyl (C=S) groups is 1. The highest BCUT2D eigenvalue weighted by molar-refractivity contribution is 8.20. The summed E-state index contributed by atoms with van der Waals surface area (Å²) in [6.07, 6.45) is 3.90. The number of carbonyl (C=O) groups excluding carboxylic acids is 1. The average Bonchev–Trinajstić information content (AvgIpc) is 3.40. The monoisotopic (exact) mass is 469 g/mol. The molecule has 5 nitrogen and oxygen atoms in total. The van der Waals surface area contributed by atoms with E-state index in [2.05, 4.69) is 0 Å². The first-order valence-corrected chi connectivity index (χ1v) is 11.5. The molecule has 33 heavy (non-hydrogen) atoms. The molecule has 1 fully saturated rings. The van der Waals surface area contributed by atoms with Crippen LogP contribution < -0.4 is 9.64 Å². The number of thioether (sulfide) groups is 1. The van der Waals surface area contributed by atoms with Gasteiger partial charge in [0.1, 0.15) is 10.7 Å². The van der Waals surface area contributed by atoms with Crippen molar-refractivity contribution in [2.24, 2.45) is 0 Å². The Morgan fingerprint density at radius 1 is 0.909 bits per heavy atom. The van der Waals surface area contributed by atoms with Gasteiger partial charge in [-0.2, -0.15) is 5.10 Å². The van der Waals surface area contributed by atoms with E-state index in [9.17, 15) is 4.79 Å². The molecule has 0 saturated carbocycles. The van der Waals surface area contributed by atoms with Crippen LogP contribution in [0.4, 0.5) is 10.5 Å². The van der Waals surface area contributed by atoms with Gasteiger partial charge in [0, 0.05) is 17.3 Å². The van der Waals surface area contributed by atoms with Gasteiger partial charge >= 0.3 is 0 Å². The second-order valence-corrected chi connectivity index (χ2v) is 8.67. The highest BCUT2D eigenvalue weighted by Crippen LogP contribution is 2.38. The van der Waals surface area contributed by atoms with Gasteiger partial charge in [-0.1, -0.05) is 48.6 Å². The summed E-state index contributed by atoms with van der Waals surface area (Å²) in [5, 5.41) is 4.74. The first-order valence-electron chi connectivity index (χ1n) is 10.3. The molecule has 0 radical (unpaired) electrons. The third-order valence-corrected chi connectivity index (χ3v) is 6.64. The quantitative estimate of drug-likeness (QED) is 0.244. The number of hydrogen-bond acceptors (Lipinski definition) is 5. The second-order valence-electron chi connectivity index (χ2n) is 7.29. The van der Waals surface area contributed by atoms with Crippen molar-refractivity contribution in [3.05, 3.63) is 102 Å². The van der Waals surface area contributed by atoms with E-state index in [4.69, 9.17) is 22.1 Å². The van der Waals surface area contributed by atoms with Crippen LogP contribution in [-0.4, -0.2) is 27.1 Å². The molecular weight excluding hydrogens is 450 g/mol. The predicted molar refractivity (Wildman–Crippen MR) is 138 cm³/mol. The zero-order valence-corrected chi connectivity index (χ0v) is 19.3. The van der Waals surface area contributed by atoms with Gasteiger partial charge in [-0.05, 0) is 66.4 Å². The molecule has 1 amide bonds. The maximum Gasteiger partial charge on any atom is 0.296 e. The standard InChI is InChI=1S/C26H19N3O2S2/c1-31-22-14-12-18(13-15-22)24-19(17-28(27-24)20-8-4-2-5-9-20)16-23-25(32)29(26(30)33-23)21-10-6-3-7-11-21/h2-17H,1H3. The number of methoxy groups -OCH3 is 1. The molecule has 0 bridgehead atoms. The molecule has 1 saturated heterocycles. The molecule has 0 unspecified atom stereocenters. The van der Waals surface area contributed by atoms with Crippen LogP contribution in [-0.2, 0) is 0 Å². The van der Waals surface area contributed by atoms with Gasteiger partial charge in [0.2, 0.25) is 0 Å². The normalized spacial score (nSPS) is 14.8. The predicted octanol–water partition coefficient (Wildman–Crippen LogP) is 6.59. The molecular formula is C26H19N3O2S2. The van der Waals surface area contributed by atoms with Crippen molar-refractivity contribution in [1.29, 1.82) is 0 Å². The maximum absolute atomic E-state index is 12.8. The van der Waals surface area contributed by atoms with E-state index in [1.54, 1.807) is 12.0 Å². The minimum Gasteiger partial charge on any atom is -0.497 e. The van der Waals surface area contributed by atoms with Crippen LogP contribution in [0.25, 0.3) is 23.0 Å². The van der Waals surface area contributed by atoms with E-state index in [1.807, 2.05) is 102 Å². The Kier molecular flexibility index (Phi) is 5.81. The summed E-state index contributed by atoms with van der Waals surface area (Å²) in [5.41, 5.74) is 4.32. The lowest BCUT2D eigenvalue weighted by Gasteiger charge is -2.14.